The van der Waals surface area contributed by atoms with E-state index in [4.69, 9.17) is 5.73 Å². The van der Waals surface area contributed by atoms with Crippen LogP contribution in [0.5, 0.6) is 0 Å². The smallest absolute Gasteiger partial charge is 0.147 e. The summed E-state index contributed by atoms with van der Waals surface area (Å²) in [6.07, 6.45) is 7.08. The van der Waals surface area contributed by atoms with Gasteiger partial charge in [0.15, 0.2) is 0 Å². The first-order chi connectivity index (χ1) is 6.79. The molecule has 1 aliphatic carbocycles. The molecule has 1 aromatic heterocycles. The maximum absolute atomic E-state index is 5.55. The third-order valence-corrected chi connectivity index (χ3v) is 2.62. The third-order valence-electron chi connectivity index (χ3n) is 2.62. The lowest BCUT2D eigenvalue weighted by Gasteiger charge is -2.16. The van der Waals surface area contributed by atoms with Crippen molar-refractivity contribution in [1.29, 1.82) is 0 Å². The van der Waals surface area contributed by atoms with E-state index in [1.807, 2.05) is 0 Å². The van der Waals surface area contributed by atoms with Gasteiger partial charge >= 0.3 is 0 Å². The zero-order valence-electron chi connectivity index (χ0n) is 8.40. The molecule has 4 heteroatoms. The maximum atomic E-state index is 5.55. The number of hydrogen-bond donors (Lipinski definition) is 2. The number of nitrogens with zero attached hydrogens (tertiary/aromatic N) is 2. The Labute approximate surface area is 83.9 Å². The Hall–Kier alpha value is -1.32. The summed E-state index contributed by atoms with van der Waals surface area (Å²) >= 11 is 0. The van der Waals surface area contributed by atoms with Crippen LogP contribution in [0.1, 0.15) is 26.2 Å². The molecule has 1 aliphatic rings. The molecule has 4 nitrogen and oxygen atoms in total. The van der Waals surface area contributed by atoms with Crippen molar-refractivity contribution in [3.63, 3.8) is 0 Å². The van der Waals surface area contributed by atoms with Gasteiger partial charge in [0.2, 0.25) is 0 Å². The van der Waals surface area contributed by atoms with Crippen molar-refractivity contribution in [2.45, 2.75) is 32.2 Å². The maximum Gasteiger partial charge on any atom is 0.147 e. The Kier molecular flexibility index (Phi) is 2.52. The zero-order valence-corrected chi connectivity index (χ0v) is 8.40. The van der Waals surface area contributed by atoms with Crippen molar-refractivity contribution in [3.05, 3.63) is 12.4 Å². The first-order valence-corrected chi connectivity index (χ1v) is 5.13. The second-order valence-electron chi connectivity index (χ2n) is 3.83. The Morgan fingerprint density at radius 2 is 2.36 bits per heavy atom. The predicted octanol–water partition coefficient (Wildman–Crippen LogP) is 1.66. The van der Waals surface area contributed by atoms with E-state index < -0.39 is 0 Å². The fourth-order valence-electron chi connectivity index (χ4n) is 1.69. The second kappa shape index (κ2) is 3.82. The molecule has 1 saturated carbocycles. The molecule has 2 rings (SSSR count). The van der Waals surface area contributed by atoms with Gasteiger partial charge < -0.3 is 11.1 Å². The quantitative estimate of drug-likeness (QED) is 0.761. The van der Waals surface area contributed by atoms with Gasteiger partial charge in [-0.3, -0.25) is 4.98 Å². The highest BCUT2D eigenvalue weighted by Crippen LogP contribution is 2.35. The minimum atomic E-state index is 0.473. The fraction of sp³-hybridized carbons (Fsp3) is 0.600. The molecule has 1 aromatic rings. The minimum Gasteiger partial charge on any atom is -0.382 e. The second-order valence-corrected chi connectivity index (χ2v) is 3.83. The Bertz CT molecular complexity index is 309. The Morgan fingerprint density at radius 3 is 2.93 bits per heavy atom. The van der Waals surface area contributed by atoms with Crippen LogP contribution in [-0.4, -0.2) is 16.0 Å². The molecule has 76 valence electrons. The van der Waals surface area contributed by atoms with Crippen LogP contribution in [0.3, 0.4) is 0 Å². The van der Waals surface area contributed by atoms with Gasteiger partial charge in [0, 0.05) is 6.04 Å². The van der Waals surface area contributed by atoms with Gasteiger partial charge in [-0.05, 0) is 25.2 Å². The lowest BCUT2D eigenvalue weighted by Crippen LogP contribution is -2.21. The molecule has 14 heavy (non-hydrogen) atoms. The molecule has 0 amide bonds. The summed E-state index contributed by atoms with van der Waals surface area (Å²) in [5, 5.41) is 3.38. The van der Waals surface area contributed by atoms with Crippen molar-refractivity contribution < 1.29 is 0 Å². The molecule has 3 N–H and O–H groups in total. The molecule has 0 saturated heterocycles. The topological polar surface area (TPSA) is 63.8 Å². The van der Waals surface area contributed by atoms with E-state index in [1.165, 1.54) is 12.8 Å². The van der Waals surface area contributed by atoms with E-state index in [1.54, 1.807) is 12.4 Å². The lowest BCUT2D eigenvalue weighted by molar-refractivity contribution is 0.614. The number of anilines is 2. The van der Waals surface area contributed by atoms with Gasteiger partial charge in [-0.15, -0.1) is 0 Å². The number of nitrogen functional groups attached to an aromatic ring is 1. The first kappa shape index (κ1) is 9.24. The summed E-state index contributed by atoms with van der Waals surface area (Å²) < 4.78 is 0. The molecule has 0 spiro atoms. The van der Waals surface area contributed by atoms with Crippen molar-refractivity contribution in [2.24, 2.45) is 5.92 Å². The lowest BCUT2D eigenvalue weighted by atomic mass is 10.1. The Morgan fingerprint density at radius 1 is 1.57 bits per heavy atom. The van der Waals surface area contributed by atoms with E-state index >= 15 is 0 Å². The van der Waals surface area contributed by atoms with Crippen molar-refractivity contribution in [1.82, 2.24) is 9.97 Å². The number of nitrogens with one attached hydrogen (secondary N) is 1. The number of rotatable bonds is 4. The fourth-order valence-corrected chi connectivity index (χ4v) is 1.69. The van der Waals surface area contributed by atoms with Gasteiger partial charge in [0.25, 0.3) is 0 Å². The van der Waals surface area contributed by atoms with Gasteiger partial charge in [-0.25, -0.2) is 4.98 Å². The molecule has 1 fully saturated rings. The van der Waals surface area contributed by atoms with Gasteiger partial charge in [-0.2, -0.15) is 0 Å². The van der Waals surface area contributed by atoms with Crippen LogP contribution in [0.15, 0.2) is 12.4 Å². The van der Waals surface area contributed by atoms with Crippen LogP contribution in [0.4, 0.5) is 11.6 Å². The summed E-state index contributed by atoms with van der Waals surface area (Å²) in [5.74, 6) is 2.09. The minimum absolute atomic E-state index is 0.473. The zero-order chi connectivity index (χ0) is 9.97. The van der Waals surface area contributed by atoms with Crippen LogP contribution in [-0.2, 0) is 0 Å². The molecule has 0 radical (unpaired) electrons. The number of hydrogen-bond acceptors (Lipinski definition) is 4. The largest absolute Gasteiger partial charge is 0.382 e. The van der Waals surface area contributed by atoms with Crippen LogP contribution >= 0.6 is 0 Å². The van der Waals surface area contributed by atoms with E-state index in [0.717, 1.165) is 18.2 Å². The molecule has 1 atom stereocenters. The summed E-state index contributed by atoms with van der Waals surface area (Å²) in [5.41, 5.74) is 5.55. The summed E-state index contributed by atoms with van der Waals surface area (Å²) in [6.45, 7) is 2.19. The standard InChI is InChI=1S/C10H16N4/c1-2-8(7-3-4-7)13-10-6-12-5-9(11)14-10/h5-8H,2-4H2,1H3,(H3,11,13,14). The van der Waals surface area contributed by atoms with Crippen LogP contribution < -0.4 is 11.1 Å². The van der Waals surface area contributed by atoms with Crippen LogP contribution in [0.25, 0.3) is 0 Å². The van der Waals surface area contributed by atoms with E-state index in [-0.39, 0.29) is 0 Å². The van der Waals surface area contributed by atoms with Gasteiger partial charge in [0.05, 0.1) is 12.4 Å². The highest BCUT2D eigenvalue weighted by Gasteiger charge is 2.29. The Balaban J connectivity index is 2.01. The van der Waals surface area contributed by atoms with Crippen LogP contribution in [0, 0.1) is 5.92 Å². The average Bonchev–Trinajstić information content (AvgIpc) is 2.97. The number of nitrogens with two attached hydrogens (primary N) is 1. The van der Waals surface area contributed by atoms with Crippen molar-refractivity contribution >= 4 is 11.6 Å². The molecular weight excluding hydrogens is 176 g/mol. The number of aromatic nitrogens is 2. The molecular formula is C10H16N4. The normalized spacial score (nSPS) is 17.8. The van der Waals surface area contributed by atoms with Gasteiger partial charge in [-0.1, -0.05) is 6.92 Å². The molecule has 0 aromatic carbocycles. The highest BCUT2D eigenvalue weighted by atomic mass is 15.1. The molecule has 0 aliphatic heterocycles. The average molecular weight is 192 g/mol. The third kappa shape index (κ3) is 2.13. The SMILES string of the molecule is CCC(Nc1cncc(N)n1)C1CC1. The summed E-state index contributed by atoms with van der Waals surface area (Å²) in [4.78, 5) is 8.18. The van der Waals surface area contributed by atoms with Gasteiger partial charge in [0.1, 0.15) is 11.6 Å². The van der Waals surface area contributed by atoms with E-state index in [0.29, 0.717) is 11.9 Å². The summed E-state index contributed by atoms with van der Waals surface area (Å²) in [6, 6.07) is 0.533. The van der Waals surface area contributed by atoms with E-state index in [2.05, 4.69) is 22.2 Å². The molecule has 1 unspecified atom stereocenters. The van der Waals surface area contributed by atoms with Crippen molar-refractivity contribution in [2.75, 3.05) is 11.1 Å². The highest BCUT2D eigenvalue weighted by molar-refractivity contribution is 5.39. The van der Waals surface area contributed by atoms with E-state index in [9.17, 15) is 0 Å². The first-order valence-electron chi connectivity index (χ1n) is 5.13. The molecule has 1 heterocycles. The van der Waals surface area contributed by atoms with Crippen LogP contribution in [0.2, 0.25) is 0 Å². The molecule has 0 bridgehead atoms. The predicted molar refractivity (Wildman–Crippen MR) is 56.9 cm³/mol. The monoisotopic (exact) mass is 192 g/mol. The van der Waals surface area contributed by atoms with Crippen molar-refractivity contribution in [3.8, 4) is 0 Å². The summed E-state index contributed by atoms with van der Waals surface area (Å²) in [7, 11) is 0.